The van der Waals surface area contributed by atoms with Crippen LogP contribution in [0.25, 0.3) is 21.3 Å². The van der Waals surface area contributed by atoms with E-state index in [1.165, 1.54) is 17.5 Å². The molecule has 0 aliphatic heterocycles. The van der Waals surface area contributed by atoms with Gasteiger partial charge in [-0.25, -0.2) is 14.8 Å². The molecule has 0 radical (unpaired) electrons. The Morgan fingerprint density at radius 2 is 1.69 bits per heavy atom. The third-order valence-electron chi connectivity index (χ3n) is 3.53. The summed E-state index contributed by atoms with van der Waals surface area (Å²) in [6.45, 7) is -0.427. The number of anilines is 1. The van der Waals surface area contributed by atoms with Crippen LogP contribution in [0.15, 0.2) is 54.7 Å². The fourth-order valence-corrected chi connectivity index (χ4v) is 3.22. The first-order valence-corrected chi connectivity index (χ1v) is 8.55. The van der Waals surface area contributed by atoms with Crippen molar-refractivity contribution in [3.63, 3.8) is 0 Å². The summed E-state index contributed by atoms with van der Waals surface area (Å²) in [4.78, 5) is 36.7. The first-order chi connectivity index (χ1) is 12.7. The van der Waals surface area contributed by atoms with E-state index in [1.54, 1.807) is 18.2 Å². The van der Waals surface area contributed by atoms with E-state index in [-0.39, 0.29) is 5.69 Å². The molecule has 0 spiro atoms. The van der Waals surface area contributed by atoms with Gasteiger partial charge in [-0.1, -0.05) is 35.6 Å². The van der Waals surface area contributed by atoms with Gasteiger partial charge in [0.1, 0.15) is 0 Å². The molecule has 0 aliphatic rings. The number of nitrogens with one attached hydrogen (secondary N) is 1. The first-order valence-electron chi connectivity index (χ1n) is 7.73. The predicted molar refractivity (Wildman–Crippen MR) is 98.1 cm³/mol. The van der Waals surface area contributed by atoms with Crippen LogP contribution in [0, 0.1) is 0 Å². The largest absolute Gasteiger partial charge is 0.451 e. The number of amides is 1. The van der Waals surface area contributed by atoms with Gasteiger partial charge in [0.25, 0.3) is 5.91 Å². The minimum atomic E-state index is -0.706. The highest BCUT2D eigenvalue weighted by molar-refractivity contribution is 7.22. The van der Waals surface area contributed by atoms with E-state index in [0.717, 1.165) is 10.2 Å². The molecule has 1 N–H and O–H groups in total. The van der Waals surface area contributed by atoms with Gasteiger partial charge in [0.2, 0.25) is 0 Å². The number of carbonyl (C=O) groups is 2. The summed E-state index contributed by atoms with van der Waals surface area (Å²) < 4.78 is 5.97. The Hall–Kier alpha value is -3.39. The summed E-state index contributed by atoms with van der Waals surface area (Å²) in [5.74, 6) is -1.17. The predicted octanol–water partition coefficient (Wildman–Crippen LogP) is 3.04. The smallest absolute Gasteiger partial charge is 0.359 e. The fourth-order valence-electron chi connectivity index (χ4n) is 2.34. The summed E-state index contributed by atoms with van der Waals surface area (Å²) in [5, 5.41) is 3.08. The molecule has 0 bridgehead atoms. The molecule has 128 valence electrons. The third kappa shape index (κ3) is 3.35. The van der Waals surface area contributed by atoms with E-state index >= 15 is 0 Å². The first kappa shape index (κ1) is 16.1. The number of hydrogen-bond acceptors (Lipinski definition) is 7. The minimum Gasteiger partial charge on any atom is -0.451 e. The molecule has 0 aliphatic carbocycles. The molecule has 2 heterocycles. The maximum absolute atomic E-state index is 12.1. The molecule has 0 unspecified atom stereocenters. The maximum atomic E-state index is 12.1. The summed E-state index contributed by atoms with van der Waals surface area (Å²) in [6.07, 6.45) is 1.33. The number of carbonyl (C=O) groups excluding carboxylic acids is 2. The lowest BCUT2D eigenvalue weighted by molar-refractivity contribution is -0.119. The topological polar surface area (TPSA) is 94.1 Å². The number of thiazole rings is 1. The van der Waals surface area contributed by atoms with E-state index in [2.05, 4.69) is 20.3 Å². The highest BCUT2D eigenvalue weighted by atomic mass is 32.1. The van der Waals surface area contributed by atoms with Gasteiger partial charge in [-0.15, -0.1) is 0 Å². The highest BCUT2D eigenvalue weighted by Gasteiger charge is 2.14. The number of aromatic nitrogens is 3. The maximum Gasteiger partial charge on any atom is 0.359 e. The zero-order chi connectivity index (χ0) is 17.9. The van der Waals surface area contributed by atoms with E-state index in [0.29, 0.717) is 16.2 Å². The zero-order valence-corrected chi connectivity index (χ0v) is 14.2. The van der Waals surface area contributed by atoms with Crippen LogP contribution < -0.4 is 5.32 Å². The van der Waals surface area contributed by atoms with Gasteiger partial charge in [0.15, 0.2) is 17.4 Å². The second-order valence-electron chi connectivity index (χ2n) is 5.36. The monoisotopic (exact) mass is 364 g/mol. The summed E-state index contributed by atoms with van der Waals surface area (Å²) in [6, 6.07) is 14.7. The lowest BCUT2D eigenvalue weighted by atomic mass is 10.3. The van der Waals surface area contributed by atoms with Crippen LogP contribution in [-0.2, 0) is 9.53 Å². The minimum absolute atomic E-state index is 0.0523. The number of para-hydroxylation sites is 3. The van der Waals surface area contributed by atoms with Gasteiger partial charge in [-0.05, 0) is 24.3 Å². The zero-order valence-electron chi connectivity index (χ0n) is 13.4. The number of fused-ring (bicyclic) bond motifs is 2. The van der Waals surface area contributed by atoms with Gasteiger partial charge in [-0.2, -0.15) is 0 Å². The number of benzene rings is 2. The van der Waals surface area contributed by atoms with Crippen LogP contribution >= 0.6 is 11.3 Å². The highest BCUT2D eigenvalue weighted by Crippen LogP contribution is 2.25. The van der Waals surface area contributed by atoms with Crippen molar-refractivity contribution < 1.29 is 14.3 Å². The van der Waals surface area contributed by atoms with Crippen molar-refractivity contribution >= 4 is 49.6 Å². The standard InChI is InChI=1S/C18H12N4O3S/c23-16(22-18-21-13-7-3-4-8-15(13)26-18)10-25-17(24)14-9-19-11-5-1-2-6-12(11)20-14/h1-9H,10H2,(H,21,22,23). The van der Waals surface area contributed by atoms with Crippen LogP contribution in [0.2, 0.25) is 0 Å². The normalized spacial score (nSPS) is 10.8. The van der Waals surface area contributed by atoms with Crippen LogP contribution in [0.4, 0.5) is 5.13 Å². The molecule has 0 fully saturated rings. The van der Waals surface area contributed by atoms with E-state index in [4.69, 9.17) is 4.74 Å². The molecule has 4 rings (SSSR count). The van der Waals surface area contributed by atoms with Gasteiger partial charge in [0.05, 0.1) is 27.4 Å². The van der Waals surface area contributed by atoms with Crippen LogP contribution in [0.1, 0.15) is 10.5 Å². The fraction of sp³-hybridized carbons (Fsp3) is 0.0556. The molecule has 2 aromatic heterocycles. The molecule has 7 nitrogen and oxygen atoms in total. The molecule has 4 aromatic rings. The van der Waals surface area contributed by atoms with Crippen LogP contribution in [0.3, 0.4) is 0 Å². The molecule has 0 atom stereocenters. The quantitative estimate of drug-likeness (QED) is 0.559. The summed E-state index contributed by atoms with van der Waals surface area (Å²) in [7, 11) is 0. The number of esters is 1. The Balaban J connectivity index is 1.39. The Labute approximate surface area is 151 Å². The van der Waals surface area contributed by atoms with Gasteiger partial charge in [0, 0.05) is 0 Å². The molecule has 0 saturated heterocycles. The van der Waals surface area contributed by atoms with E-state index in [9.17, 15) is 9.59 Å². The van der Waals surface area contributed by atoms with Crippen molar-refractivity contribution in [2.75, 3.05) is 11.9 Å². The molecule has 1 amide bonds. The lowest BCUT2D eigenvalue weighted by Crippen LogP contribution is -2.21. The Morgan fingerprint density at radius 1 is 0.962 bits per heavy atom. The van der Waals surface area contributed by atoms with Gasteiger partial charge >= 0.3 is 5.97 Å². The molecule has 8 heteroatoms. The number of nitrogens with zero attached hydrogens (tertiary/aromatic N) is 3. The molecule has 26 heavy (non-hydrogen) atoms. The van der Waals surface area contributed by atoms with Crippen molar-refractivity contribution in [1.82, 2.24) is 15.0 Å². The number of hydrogen-bond donors (Lipinski definition) is 1. The molecular weight excluding hydrogens is 352 g/mol. The number of ether oxygens (including phenoxy) is 1. The van der Waals surface area contributed by atoms with Crippen molar-refractivity contribution in [3.05, 3.63) is 60.4 Å². The van der Waals surface area contributed by atoms with Crippen molar-refractivity contribution in [1.29, 1.82) is 0 Å². The third-order valence-corrected chi connectivity index (χ3v) is 4.48. The summed E-state index contributed by atoms with van der Waals surface area (Å²) >= 11 is 1.35. The van der Waals surface area contributed by atoms with Crippen molar-refractivity contribution in [2.45, 2.75) is 0 Å². The second-order valence-corrected chi connectivity index (χ2v) is 6.39. The summed E-state index contributed by atoms with van der Waals surface area (Å²) in [5.41, 5.74) is 2.12. The molecular formula is C18H12N4O3S. The van der Waals surface area contributed by atoms with E-state index in [1.807, 2.05) is 30.3 Å². The number of rotatable bonds is 4. The Kier molecular flexibility index (Phi) is 4.24. The SMILES string of the molecule is O=C(COC(=O)c1cnc2ccccc2n1)Nc1nc2ccccc2s1. The Morgan fingerprint density at radius 3 is 2.50 bits per heavy atom. The van der Waals surface area contributed by atoms with Crippen LogP contribution in [0.5, 0.6) is 0 Å². The van der Waals surface area contributed by atoms with Crippen molar-refractivity contribution in [2.24, 2.45) is 0 Å². The average Bonchev–Trinajstić information content (AvgIpc) is 3.08. The van der Waals surface area contributed by atoms with Gasteiger partial charge < -0.3 is 4.74 Å². The van der Waals surface area contributed by atoms with Crippen molar-refractivity contribution in [3.8, 4) is 0 Å². The van der Waals surface area contributed by atoms with Crippen LogP contribution in [-0.4, -0.2) is 33.4 Å². The Bertz CT molecular complexity index is 1090. The van der Waals surface area contributed by atoms with Gasteiger partial charge in [-0.3, -0.25) is 15.1 Å². The second kappa shape index (κ2) is 6.85. The lowest BCUT2D eigenvalue weighted by Gasteiger charge is -2.04. The molecule has 2 aromatic carbocycles. The molecule has 0 saturated carbocycles. The van der Waals surface area contributed by atoms with E-state index < -0.39 is 18.5 Å². The average molecular weight is 364 g/mol.